The molecule has 14 heavy (non-hydrogen) atoms. The Hall–Kier alpha value is 0.595. The summed E-state index contributed by atoms with van der Waals surface area (Å²) in [6, 6.07) is 0. The summed E-state index contributed by atoms with van der Waals surface area (Å²) in [4.78, 5) is 0. The average Bonchev–Trinajstić information content (AvgIpc) is 2.15. The van der Waals surface area contributed by atoms with Crippen LogP contribution in [0, 0.1) is 0 Å². The van der Waals surface area contributed by atoms with Crippen LogP contribution in [-0.2, 0) is 0 Å². The third-order valence-electron chi connectivity index (χ3n) is 2.12. The minimum Gasteiger partial charge on any atom is -0.265 e. The van der Waals surface area contributed by atoms with Gasteiger partial charge in [-0.1, -0.05) is 32.4 Å². The summed E-state index contributed by atoms with van der Waals surface area (Å²) in [5.74, 6) is 0.893. The molecule has 0 aromatic carbocycles. The van der Waals surface area contributed by atoms with Gasteiger partial charge in [0.1, 0.15) is 0 Å². The number of nitrogens with zero attached hydrogens (tertiary/aromatic N) is 1. The fourth-order valence-electron chi connectivity index (χ4n) is 1.36. The molecule has 4 heteroatoms. The van der Waals surface area contributed by atoms with Crippen LogP contribution >= 0.6 is 23.2 Å². The summed E-state index contributed by atoms with van der Waals surface area (Å²) in [5.41, 5.74) is 0. The molecule has 0 aromatic rings. The van der Waals surface area contributed by atoms with Crippen molar-refractivity contribution in [3.63, 3.8) is 0 Å². The molecule has 1 nitrogen and oxygen atoms in total. The predicted octanol–water partition coefficient (Wildman–Crippen LogP) is 3.28. The van der Waals surface area contributed by atoms with E-state index in [1.165, 1.54) is 43.4 Å². The van der Waals surface area contributed by atoms with E-state index in [4.69, 9.17) is 0 Å². The second-order valence-corrected chi connectivity index (χ2v) is 6.26. The Morgan fingerprint density at radius 2 is 2.07 bits per heavy atom. The van der Waals surface area contributed by atoms with E-state index in [1.807, 2.05) is 11.6 Å². The lowest BCUT2D eigenvalue weighted by Crippen LogP contribution is -2.05. The van der Waals surface area contributed by atoms with Gasteiger partial charge < -0.3 is 0 Å². The van der Waals surface area contributed by atoms with E-state index < -0.39 is 0 Å². The Labute approximate surface area is 98.1 Å². The molecule has 0 spiro atoms. The van der Waals surface area contributed by atoms with Crippen molar-refractivity contribution in [3.05, 3.63) is 0 Å². The van der Waals surface area contributed by atoms with Crippen molar-refractivity contribution in [1.29, 1.82) is 0 Å². The Morgan fingerprint density at radius 1 is 1.36 bits per heavy atom. The van der Waals surface area contributed by atoms with Gasteiger partial charge in [0.25, 0.3) is 0 Å². The number of thiol groups is 1. The second-order valence-electron chi connectivity index (χ2n) is 3.72. The third kappa shape index (κ3) is 9.16. The van der Waals surface area contributed by atoms with Crippen LogP contribution in [0.1, 0.15) is 26.2 Å². The van der Waals surface area contributed by atoms with Crippen LogP contribution in [0.15, 0.2) is 0 Å². The maximum atomic E-state index is 2.36. The molecule has 0 unspecified atom stereocenters. The highest BCUT2D eigenvalue weighted by molar-refractivity contribution is 8.25. The summed E-state index contributed by atoms with van der Waals surface area (Å²) in [7, 11) is 4.22. The molecule has 0 atom stereocenters. The van der Waals surface area contributed by atoms with Gasteiger partial charge in [-0.25, -0.2) is 11.6 Å². The number of hydrogen-bond donors (Lipinski definition) is 1. The van der Waals surface area contributed by atoms with Crippen LogP contribution < -0.4 is 0 Å². The van der Waals surface area contributed by atoms with Crippen molar-refractivity contribution in [1.82, 2.24) is 4.31 Å². The predicted molar refractivity (Wildman–Crippen MR) is 77.1 cm³/mol. The van der Waals surface area contributed by atoms with Gasteiger partial charge in [0.15, 0.2) is 0 Å². The minimum atomic E-state index is 0.893. The number of hydrogen-bond acceptors (Lipinski definition) is 2. The first-order chi connectivity index (χ1) is 6.70. The molecule has 0 aliphatic carbocycles. The molecule has 0 aliphatic rings. The monoisotopic (exact) mass is 233 g/mol. The summed E-state index contributed by atoms with van der Waals surface area (Å²) >= 11 is 3.38. The maximum absolute atomic E-state index is 2.36. The number of rotatable bonds is 8. The van der Waals surface area contributed by atoms with E-state index in [9.17, 15) is 0 Å². The average molecular weight is 233 g/mol. The van der Waals surface area contributed by atoms with Gasteiger partial charge in [-0.15, -0.1) is 11.5 Å². The van der Waals surface area contributed by atoms with Crippen LogP contribution in [-0.4, -0.2) is 36.0 Å². The van der Waals surface area contributed by atoms with Gasteiger partial charge in [0.05, 0.1) is 0 Å². The van der Waals surface area contributed by atoms with Gasteiger partial charge >= 0.3 is 0 Å². The zero-order valence-corrected chi connectivity index (χ0v) is 11.7. The Bertz CT molecular complexity index is 151. The SMILES string of the molecule is CCCB(CCC/C=[SH]/N(C)C)SC. The summed E-state index contributed by atoms with van der Waals surface area (Å²) in [5, 5.41) is 2.36. The summed E-state index contributed by atoms with van der Waals surface area (Å²) in [6.45, 7) is 2.28. The lowest BCUT2D eigenvalue weighted by Gasteiger charge is -2.08. The van der Waals surface area contributed by atoms with Crippen molar-refractivity contribution < 1.29 is 0 Å². The zero-order chi connectivity index (χ0) is 10.8. The molecule has 0 rings (SSSR count). The van der Waals surface area contributed by atoms with Gasteiger partial charge in [-0.05, 0) is 32.1 Å². The summed E-state index contributed by atoms with van der Waals surface area (Å²) in [6.07, 6.45) is 8.95. The third-order valence-corrected chi connectivity index (χ3v) is 4.14. The fraction of sp³-hybridized carbons (Fsp3) is 0.900. The molecule has 84 valence electrons. The molecule has 0 bridgehead atoms. The van der Waals surface area contributed by atoms with E-state index >= 15 is 0 Å². The minimum absolute atomic E-state index is 0.893. The van der Waals surface area contributed by atoms with Crippen molar-refractivity contribution in [2.75, 3.05) is 20.4 Å². The van der Waals surface area contributed by atoms with Crippen molar-refractivity contribution in [2.24, 2.45) is 0 Å². The molecule has 0 N–H and O–H groups in total. The van der Waals surface area contributed by atoms with Gasteiger partial charge in [0.2, 0.25) is 5.99 Å². The Kier molecular flexibility index (Phi) is 10.6. The zero-order valence-electron chi connectivity index (χ0n) is 9.99. The van der Waals surface area contributed by atoms with Crippen LogP contribution in [0.2, 0.25) is 12.6 Å². The first kappa shape index (κ1) is 14.6. The van der Waals surface area contributed by atoms with E-state index in [0.29, 0.717) is 0 Å². The van der Waals surface area contributed by atoms with E-state index in [-0.39, 0.29) is 0 Å². The highest BCUT2D eigenvalue weighted by Gasteiger charge is 2.09. The van der Waals surface area contributed by atoms with E-state index in [0.717, 1.165) is 5.99 Å². The lowest BCUT2D eigenvalue weighted by molar-refractivity contribution is 0.711. The largest absolute Gasteiger partial charge is 0.265 e. The first-order valence-electron chi connectivity index (χ1n) is 5.43. The van der Waals surface area contributed by atoms with Gasteiger partial charge in [-0.3, -0.25) is 4.31 Å². The quantitative estimate of drug-likeness (QED) is 0.296. The van der Waals surface area contributed by atoms with Crippen LogP contribution in [0.5, 0.6) is 0 Å². The molecular weight excluding hydrogens is 209 g/mol. The van der Waals surface area contributed by atoms with E-state index in [1.54, 1.807) is 0 Å². The summed E-state index contributed by atoms with van der Waals surface area (Å²) < 4.78 is 2.19. The molecule has 0 saturated carbocycles. The molecule has 0 fully saturated rings. The normalized spacial score (nSPS) is 12.1. The number of unbranched alkanes of at least 4 members (excludes halogenated alkanes) is 1. The van der Waals surface area contributed by atoms with E-state index in [2.05, 4.69) is 36.9 Å². The Morgan fingerprint density at radius 3 is 2.57 bits per heavy atom. The molecule has 0 aliphatic heterocycles. The molecule has 0 saturated heterocycles. The lowest BCUT2D eigenvalue weighted by atomic mass is 9.66. The van der Waals surface area contributed by atoms with Gasteiger partial charge in [-0.2, -0.15) is 0 Å². The van der Waals surface area contributed by atoms with Crippen molar-refractivity contribution >= 4 is 34.5 Å². The molecule has 0 aromatic heterocycles. The molecule has 0 heterocycles. The molecule has 0 amide bonds. The Balaban J connectivity index is 3.41. The highest BCUT2D eigenvalue weighted by atomic mass is 32.2. The highest BCUT2D eigenvalue weighted by Crippen LogP contribution is 2.16. The standard InChI is InChI=1S/C10H24BNS2/c1-5-8-11(13-4)9-6-7-10-14-12(2)3/h10,14H,5-9H2,1-4H3. The van der Waals surface area contributed by atoms with Crippen LogP contribution in [0.3, 0.4) is 0 Å². The van der Waals surface area contributed by atoms with Crippen molar-refractivity contribution in [2.45, 2.75) is 38.8 Å². The molecule has 0 radical (unpaired) electrons. The first-order valence-corrected chi connectivity index (χ1v) is 7.63. The topological polar surface area (TPSA) is 3.24 Å². The molecular formula is C10H24BNS2. The van der Waals surface area contributed by atoms with Crippen LogP contribution in [0.4, 0.5) is 0 Å². The second kappa shape index (κ2) is 10.1. The fourth-order valence-corrected chi connectivity index (χ4v) is 2.86. The van der Waals surface area contributed by atoms with Crippen LogP contribution in [0.25, 0.3) is 0 Å². The maximum Gasteiger partial charge on any atom is 0.209 e. The van der Waals surface area contributed by atoms with Crippen molar-refractivity contribution in [3.8, 4) is 0 Å². The smallest absolute Gasteiger partial charge is 0.209 e. The van der Waals surface area contributed by atoms with Gasteiger partial charge in [0, 0.05) is 0 Å².